The van der Waals surface area contributed by atoms with E-state index < -0.39 is 10.1 Å². The van der Waals surface area contributed by atoms with Crippen LogP contribution in [0.3, 0.4) is 0 Å². The molecule has 0 unspecified atom stereocenters. The van der Waals surface area contributed by atoms with Gasteiger partial charge in [-0.25, -0.2) is 9.97 Å². The van der Waals surface area contributed by atoms with Crippen LogP contribution in [0.5, 0.6) is 0 Å². The molecule has 0 spiro atoms. The summed E-state index contributed by atoms with van der Waals surface area (Å²) in [6, 6.07) is 16.2. The summed E-state index contributed by atoms with van der Waals surface area (Å²) in [5.41, 5.74) is 6.05. The first-order chi connectivity index (χ1) is 17.3. The SMILES string of the molecule is Cc1ccc(S(=O)(=O)O)cc1.Cc1nc2sccn2c1-c1nc(-c2ccccc2)c(C2=NN=CC2)s1. The van der Waals surface area contributed by atoms with Crippen LogP contribution >= 0.6 is 22.7 Å². The van der Waals surface area contributed by atoms with Gasteiger partial charge in [-0.2, -0.15) is 18.6 Å². The first kappa shape index (κ1) is 24.2. The molecule has 0 atom stereocenters. The molecule has 0 fully saturated rings. The van der Waals surface area contributed by atoms with Crippen molar-refractivity contribution in [2.75, 3.05) is 0 Å². The maximum atomic E-state index is 10.5. The van der Waals surface area contributed by atoms with Gasteiger partial charge in [0.25, 0.3) is 10.1 Å². The quantitative estimate of drug-likeness (QED) is 0.288. The standard InChI is InChI=1S/C18H13N5S2.C7H8O3S/c1-11-15(23-9-10-24-18(23)20-11)17-21-14(12-5-3-2-4-6-12)16(25-17)13-7-8-19-22-13;1-6-2-4-7(5-3-6)11(8,9)10/h2-6,8-10H,7H2,1H3;2-5H,1H3,(H,8,9,10). The summed E-state index contributed by atoms with van der Waals surface area (Å²) in [5, 5.41) is 11.3. The minimum Gasteiger partial charge on any atom is -0.288 e. The number of fused-ring (bicyclic) bond motifs is 1. The summed E-state index contributed by atoms with van der Waals surface area (Å²) in [7, 11) is -4.02. The van der Waals surface area contributed by atoms with E-state index in [1.807, 2.05) is 43.6 Å². The van der Waals surface area contributed by atoms with E-state index in [0.29, 0.717) is 0 Å². The molecular weight excluding hydrogens is 515 g/mol. The highest BCUT2D eigenvalue weighted by Crippen LogP contribution is 2.37. The first-order valence-electron chi connectivity index (χ1n) is 10.9. The highest BCUT2D eigenvalue weighted by atomic mass is 32.2. The van der Waals surface area contributed by atoms with E-state index in [4.69, 9.17) is 9.54 Å². The number of rotatable bonds is 4. The monoisotopic (exact) mass is 535 g/mol. The van der Waals surface area contributed by atoms with Crippen LogP contribution in [0.25, 0.3) is 26.9 Å². The molecule has 6 rings (SSSR count). The van der Waals surface area contributed by atoms with Gasteiger partial charge in [-0.3, -0.25) is 8.95 Å². The van der Waals surface area contributed by atoms with Crippen molar-refractivity contribution < 1.29 is 13.0 Å². The Morgan fingerprint density at radius 2 is 1.75 bits per heavy atom. The Hall–Kier alpha value is -3.51. The zero-order valence-corrected chi connectivity index (χ0v) is 21.8. The van der Waals surface area contributed by atoms with Gasteiger partial charge in [-0.1, -0.05) is 48.0 Å². The molecule has 0 saturated heterocycles. The Morgan fingerprint density at radius 1 is 1.00 bits per heavy atom. The van der Waals surface area contributed by atoms with Crippen molar-refractivity contribution in [1.29, 1.82) is 0 Å². The Morgan fingerprint density at radius 3 is 2.42 bits per heavy atom. The van der Waals surface area contributed by atoms with Crippen LogP contribution in [0.2, 0.25) is 0 Å². The van der Waals surface area contributed by atoms with Crippen molar-refractivity contribution >= 4 is 49.7 Å². The molecule has 36 heavy (non-hydrogen) atoms. The second-order valence-electron chi connectivity index (χ2n) is 8.00. The number of hydrogen-bond donors (Lipinski definition) is 1. The predicted molar refractivity (Wildman–Crippen MR) is 145 cm³/mol. The van der Waals surface area contributed by atoms with E-state index in [1.165, 1.54) is 12.1 Å². The fourth-order valence-corrected chi connectivity index (χ4v) is 6.10. The smallest absolute Gasteiger partial charge is 0.288 e. The molecule has 182 valence electrons. The summed E-state index contributed by atoms with van der Waals surface area (Å²) in [5.74, 6) is 0. The van der Waals surface area contributed by atoms with Gasteiger partial charge in [0.1, 0.15) is 10.7 Å². The highest BCUT2D eigenvalue weighted by Gasteiger charge is 2.23. The topological polar surface area (TPSA) is 109 Å². The predicted octanol–water partition coefficient (Wildman–Crippen LogP) is 5.92. The third-order valence-electron chi connectivity index (χ3n) is 5.44. The number of imidazole rings is 1. The minimum absolute atomic E-state index is 0.0666. The lowest BCUT2D eigenvalue weighted by Gasteiger charge is -2.00. The van der Waals surface area contributed by atoms with Crippen molar-refractivity contribution in [3.05, 3.63) is 82.3 Å². The molecule has 2 aromatic carbocycles. The number of benzene rings is 2. The van der Waals surface area contributed by atoms with E-state index in [-0.39, 0.29) is 4.90 Å². The average Bonchev–Trinajstić information content (AvgIpc) is 3.64. The average molecular weight is 536 g/mol. The van der Waals surface area contributed by atoms with Gasteiger partial charge in [-0.05, 0) is 26.0 Å². The van der Waals surface area contributed by atoms with Crippen LogP contribution in [0.15, 0.2) is 81.3 Å². The lowest BCUT2D eigenvalue weighted by molar-refractivity contribution is 0.483. The van der Waals surface area contributed by atoms with Crippen LogP contribution in [0.1, 0.15) is 22.6 Å². The van der Waals surface area contributed by atoms with E-state index >= 15 is 0 Å². The maximum Gasteiger partial charge on any atom is 0.294 e. The van der Waals surface area contributed by atoms with Gasteiger partial charge in [0.15, 0.2) is 4.96 Å². The maximum absolute atomic E-state index is 10.5. The summed E-state index contributed by atoms with van der Waals surface area (Å²) >= 11 is 3.30. The molecule has 8 nitrogen and oxygen atoms in total. The third kappa shape index (κ3) is 4.91. The van der Waals surface area contributed by atoms with E-state index in [1.54, 1.807) is 34.8 Å². The van der Waals surface area contributed by atoms with Crippen LogP contribution < -0.4 is 0 Å². The third-order valence-corrected chi connectivity index (χ3v) is 8.17. The second-order valence-corrected chi connectivity index (χ2v) is 11.3. The first-order valence-corrected chi connectivity index (χ1v) is 14.1. The summed E-state index contributed by atoms with van der Waals surface area (Å²) in [6.07, 6.45) is 4.64. The summed E-state index contributed by atoms with van der Waals surface area (Å²) in [6.45, 7) is 3.88. The van der Waals surface area contributed by atoms with Crippen molar-refractivity contribution in [3.63, 3.8) is 0 Å². The van der Waals surface area contributed by atoms with Crippen molar-refractivity contribution in [2.45, 2.75) is 25.2 Å². The van der Waals surface area contributed by atoms with Gasteiger partial charge >= 0.3 is 0 Å². The second kappa shape index (κ2) is 9.86. The summed E-state index contributed by atoms with van der Waals surface area (Å²) in [4.78, 5) is 11.6. The summed E-state index contributed by atoms with van der Waals surface area (Å²) < 4.78 is 31.7. The van der Waals surface area contributed by atoms with Crippen LogP contribution in [0, 0.1) is 13.8 Å². The minimum atomic E-state index is -4.02. The van der Waals surface area contributed by atoms with Crippen LogP contribution in [0.4, 0.5) is 0 Å². The van der Waals surface area contributed by atoms with Crippen molar-refractivity contribution in [2.24, 2.45) is 10.2 Å². The normalized spacial score (nSPS) is 13.0. The number of thiazole rings is 2. The van der Waals surface area contributed by atoms with Crippen molar-refractivity contribution in [1.82, 2.24) is 14.4 Å². The highest BCUT2D eigenvalue weighted by molar-refractivity contribution is 7.85. The number of nitrogens with zero attached hydrogens (tertiary/aromatic N) is 5. The largest absolute Gasteiger partial charge is 0.294 e. The Labute approximate surface area is 216 Å². The Balaban J connectivity index is 0.000000205. The van der Waals surface area contributed by atoms with Gasteiger partial charge in [0, 0.05) is 29.8 Å². The van der Waals surface area contributed by atoms with E-state index in [2.05, 4.69) is 37.9 Å². The molecule has 1 aliphatic heterocycles. The molecule has 0 aliphatic carbocycles. The lowest BCUT2D eigenvalue weighted by Crippen LogP contribution is -1.97. The number of hydrogen-bond acceptors (Lipinski definition) is 8. The molecule has 3 aromatic heterocycles. The van der Waals surface area contributed by atoms with Gasteiger partial charge in [0.2, 0.25) is 0 Å². The van der Waals surface area contributed by atoms with E-state index in [9.17, 15) is 8.42 Å². The molecular formula is C25H21N5O3S3. The lowest BCUT2D eigenvalue weighted by atomic mass is 10.1. The molecule has 5 aromatic rings. The fraction of sp³-hybridized carbons (Fsp3) is 0.120. The molecule has 1 aliphatic rings. The zero-order chi connectivity index (χ0) is 25.3. The number of aromatic nitrogens is 3. The molecule has 0 saturated carbocycles. The molecule has 11 heteroatoms. The molecule has 1 N–H and O–H groups in total. The number of aryl methyl sites for hydroxylation is 2. The Kier molecular flexibility index (Phi) is 6.63. The van der Waals surface area contributed by atoms with Gasteiger partial charge in [-0.15, -0.1) is 22.7 Å². The van der Waals surface area contributed by atoms with E-state index in [0.717, 1.165) is 55.2 Å². The zero-order valence-electron chi connectivity index (χ0n) is 19.4. The Bertz CT molecular complexity index is 1700. The molecule has 0 amide bonds. The molecule has 0 bridgehead atoms. The van der Waals surface area contributed by atoms with Gasteiger partial charge < -0.3 is 0 Å². The van der Waals surface area contributed by atoms with Crippen molar-refractivity contribution in [3.8, 4) is 22.0 Å². The van der Waals surface area contributed by atoms with Gasteiger partial charge in [0.05, 0.1) is 26.9 Å². The molecule has 0 radical (unpaired) electrons. The fourth-order valence-electron chi connectivity index (χ4n) is 3.69. The van der Waals surface area contributed by atoms with Crippen LogP contribution in [-0.2, 0) is 10.1 Å². The van der Waals surface area contributed by atoms with Crippen LogP contribution in [-0.4, -0.2) is 39.3 Å². The molecule has 4 heterocycles.